The van der Waals surface area contributed by atoms with Gasteiger partial charge in [0, 0.05) is 5.57 Å². The number of hydrogen-bond acceptors (Lipinski definition) is 7. The Bertz CT molecular complexity index is 393. The molecule has 7 heteroatoms. The highest BCUT2D eigenvalue weighted by atomic mass is 16.7. The summed E-state index contributed by atoms with van der Waals surface area (Å²) in [5.74, 6) is -2.41. The summed E-state index contributed by atoms with van der Waals surface area (Å²) in [5, 5.41) is 0. The number of hydrogen-bond donors (Lipinski definition) is 0. The van der Waals surface area contributed by atoms with Crippen molar-refractivity contribution in [2.24, 2.45) is 0 Å². The molecule has 7 nitrogen and oxygen atoms in total. The Morgan fingerprint density at radius 2 is 1.47 bits per heavy atom. The van der Waals surface area contributed by atoms with Crippen molar-refractivity contribution in [2.75, 3.05) is 13.2 Å². The molecule has 19 heavy (non-hydrogen) atoms. The average molecular weight is 270 g/mol. The van der Waals surface area contributed by atoms with Crippen LogP contribution in [-0.4, -0.2) is 37.1 Å². The zero-order valence-corrected chi connectivity index (χ0v) is 10.7. The van der Waals surface area contributed by atoms with Crippen LogP contribution in [0.25, 0.3) is 0 Å². The van der Waals surface area contributed by atoms with Gasteiger partial charge in [-0.15, -0.1) is 0 Å². The lowest BCUT2D eigenvalue weighted by molar-refractivity contribution is -0.154. The van der Waals surface area contributed by atoms with Crippen LogP contribution in [0.2, 0.25) is 0 Å². The number of carbonyl (C=O) groups excluding carboxylic acids is 4. The van der Waals surface area contributed by atoms with Crippen LogP contribution in [0.15, 0.2) is 24.3 Å². The topological polar surface area (TPSA) is 96.0 Å². The molecule has 0 N–H and O–H groups in total. The number of esters is 2. The summed E-state index contributed by atoms with van der Waals surface area (Å²) in [6.07, 6.45) is -1.36. The quantitative estimate of drug-likeness (QED) is 0.402. The van der Waals surface area contributed by atoms with Crippen molar-refractivity contribution < 1.29 is 33.4 Å². The van der Waals surface area contributed by atoms with Gasteiger partial charge in [0.25, 0.3) is 0 Å². The van der Waals surface area contributed by atoms with Crippen LogP contribution in [0.4, 0.5) is 4.79 Å². The zero-order valence-electron chi connectivity index (χ0n) is 10.7. The predicted molar refractivity (Wildman–Crippen MR) is 63.0 cm³/mol. The number of carbonyl (C=O) groups is 4. The van der Waals surface area contributed by atoms with Crippen molar-refractivity contribution in [3.05, 3.63) is 24.3 Å². The van der Waals surface area contributed by atoms with E-state index in [1.807, 2.05) is 0 Å². The molecule has 0 aromatic carbocycles. The first-order valence-electron chi connectivity index (χ1n) is 5.12. The summed E-state index contributed by atoms with van der Waals surface area (Å²) in [6.45, 7) is 8.15. The molecule has 0 rings (SSSR count). The van der Waals surface area contributed by atoms with Gasteiger partial charge in [0.2, 0.25) is 0 Å². The number of rotatable bonds is 6. The zero-order chi connectivity index (χ0) is 15.0. The van der Waals surface area contributed by atoms with Crippen LogP contribution >= 0.6 is 0 Å². The minimum absolute atomic E-state index is 0.0995. The summed E-state index contributed by atoms with van der Waals surface area (Å²) in [6, 6.07) is 0. The Kier molecular flexibility index (Phi) is 6.80. The Balaban J connectivity index is 3.97. The first-order chi connectivity index (χ1) is 8.73. The smallest absolute Gasteiger partial charge is 0.450 e. The molecule has 0 spiro atoms. The fourth-order valence-corrected chi connectivity index (χ4v) is 0.647. The molecular weight excluding hydrogens is 256 g/mol. The minimum Gasteiger partial charge on any atom is -0.450 e. The fourth-order valence-electron chi connectivity index (χ4n) is 0.647. The SMILES string of the molecule is C=C(C)C(=O)COC(=O)OC(=O)COC(=O)C(=C)C. The molecule has 0 aromatic rings. The predicted octanol–water partition coefficient (Wildman–Crippen LogP) is 0.931. The second-order valence-corrected chi connectivity index (χ2v) is 3.57. The normalized spacial score (nSPS) is 9.16. The van der Waals surface area contributed by atoms with Crippen LogP contribution in [0, 0.1) is 0 Å². The van der Waals surface area contributed by atoms with E-state index in [1.54, 1.807) is 0 Å². The summed E-state index contributed by atoms with van der Waals surface area (Å²) in [5.41, 5.74) is 0.303. The molecule has 0 saturated carbocycles. The van der Waals surface area contributed by atoms with Crippen molar-refractivity contribution in [3.8, 4) is 0 Å². The Morgan fingerprint density at radius 3 is 1.95 bits per heavy atom. The van der Waals surface area contributed by atoms with Gasteiger partial charge < -0.3 is 14.2 Å². The van der Waals surface area contributed by atoms with Crippen LogP contribution in [0.1, 0.15) is 13.8 Å². The van der Waals surface area contributed by atoms with E-state index in [-0.39, 0.29) is 11.1 Å². The Morgan fingerprint density at radius 1 is 0.895 bits per heavy atom. The molecule has 0 amide bonds. The highest BCUT2D eigenvalue weighted by Gasteiger charge is 2.16. The molecule has 104 valence electrons. The fraction of sp³-hybridized carbons (Fsp3) is 0.333. The molecule has 0 saturated heterocycles. The number of ketones is 1. The van der Waals surface area contributed by atoms with Crippen LogP contribution in [-0.2, 0) is 28.6 Å². The van der Waals surface area contributed by atoms with E-state index < -0.39 is 37.1 Å². The summed E-state index contributed by atoms with van der Waals surface area (Å²) < 4.78 is 12.9. The molecule has 0 fully saturated rings. The van der Waals surface area contributed by atoms with Gasteiger partial charge in [-0.3, -0.25) is 4.79 Å². The van der Waals surface area contributed by atoms with Gasteiger partial charge in [0.15, 0.2) is 19.0 Å². The van der Waals surface area contributed by atoms with E-state index in [0.29, 0.717) is 0 Å². The largest absolute Gasteiger partial charge is 0.516 e. The van der Waals surface area contributed by atoms with Crippen molar-refractivity contribution in [3.63, 3.8) is 0 Å². The van der Waals surface area contributed by atoms with Crippen LogP contribution < -0.4 is 0 Å². The lowest BCUT2D eigenvalue weighted by atomic mass is 10.2. The summed E-state index contributed by atoms with van der Waals surface area (Å²) >= 11 is 0. The molecule has 0 aliphatic heterocycles. The lowest BCUT2D eigenvalue weighted by Gasteiger charge is -2.05. The van der Waals surface area contributed by atoms with Crippen molar-refractivity contribution in [1.82, 2.24) is 0 Å². The molecular formula is C12H14O7. The second-order valence-electron chi connectivity index (χ2n) is 3.57. The Hall–Kier alpha value is -2.44. The third kappa shape index (κ3) is 7.48. The third-order valence-electron chi connectivity index (χ3n) is 1.66. The molecule has 0 unspecified atom stereocenters. The number of ether oxygens (including phenoxy) is 3. The molecule has 0 atom stereocenters. The maximum Gasteiger partial charge on any atom is 0.516 e. The van der Waals surface area contributed by atoms with Crippen LogP contribution in [0.5, 0.6) is 0 Å². The molecule has 0 bridgehead atoms. The average Bonchev–Trinajstić information content (AvgIpc) is 2.32. The lowest BCUT2D eigenvalue weighted by Crippen LogP contribution is -2.22. The van der Waals surface area contributed by atoms with Gasteiger partial charge in [-0.2, -0.15) is 0 Å². The highest BCUT2D eigenvalue weighted by Crippen LogP contribution is 1.96. The molecule has 0 aliphatic rings. The van der Waals surface area contributed by atoms with E-state index >= 15 is 0 Å². The van der Waals surface area contributed by atoms with E-state index in [9.17, 15) is 19.2 Å². The highest BCUT2D eigenvalue weighted by molar-refractivity contribution is 5.96. The van der Waals surface area contributed by atoms with E-state index in [1.165, 1.54) is 13.8 Å². The third-order valence-corrected chi connectivity index (χ3v) is 1.66. The van der Waals surface area contributed by atoms with E-state index in [0.717, 1.165) is 0 Å². The molecule has 0 aliphatic carbocycles. The van der Waals surface area contributed by atoms with Gasteiger partial charge >= 0.3 is 18.1 Å². The maximum atomic E-state index is 11.0. The first-order valence-corrected chi connectivity index (χ1v) is 5.12. The second kappa shape index (κ2) is 7.80. The van der Waals surface area contributed by atoms with Crippen molar-refractivity contribution in [2.45, 2.75) is 13.8 Å². The first kappa shape index (κ1) is 16.6. The van der Waals surface area contributed by atoms with Gasteiger partial charge in [0.1, 0.15) is 0 Å². The summed E-state index contributed by atoms with van der Waals surface area (Å²) in [4.78, 5) is 43.9. The monoisotopic (exact) mass is 270 g/mol. The van der Waals surface area contributed by atoms with E-state index in [2.05, 4.69) is 27.4 Å². The maximum absolute atomic E-state index is 11.0. The molecule has 0 aromatic heterocycles. The van der Waals surface area contributed by atoms with E-state index in [4.69, 9.17) is 0 Å². The van der Waals surface area contributed by atoms with Gasteiger partial charge in [-0.05, 0) is 19.4 Å². The van der Waals surface area contributed by atoms with Gasteiger partial charge in [0.05, 0.1) is 0 Å². The van der Waals surface area contributed by atoms with Gasteiger partial charge in [-0.1, -0.05) is 13.2 Å². The van der Waals surface area contributed by atoms with Crippen molar-refractivity contribution in [1.29, 1.82) is 0 Å². The summed E-state index contributed by atoms with van der Waals surface area (Å²) in [7, 11) is 0. The van der Waals surface area contributed by atoms with Crippen LogP contribution in [0.3, 0.4) is 0 Å². The molecule has 0 heterocycles. The van der Waals surface area contributed by atoms with Gasteiger partial charge in [-0.25, -0.2) is 14.4 Å². The number of Topliss-reactive ketones (excluding diaryl/α,β-unsaturated/α-hetero) is 1. The standard InChI is InChI=1S/C12H14O7/c1-7(2)9(13)5-18-12(16)19-10(14)6-17-11(15)8(3)4/h1,3,5-6H2,2,4H3. The minimum atomic E-state index is -1.36. The molecule has 0 radical (unpaired) electrons. The Labute approximate surface area is 109 Å². The van der Waals surface area contributed by atoms with Crippen molar-refractivity contribution >= 4 is 23.9 Å².